The van der Waals surface area contributed by atoms with Crippen molar-refractivity contribution in [3.8, 4) is 11.3 Å². The molecule has 1 aliphatic rings. The van der Waals surface area contributed by atoms with Crippen LogP contribution >= 0.6 is 0 Å². The summed E-state index contributed by atoms with van der Waals surface area (Å²) in [4.78, 5) is 24.9. The van der Waals surface area contributed by atoms with Gasteiger partial charge in [0.25, 0.3) is 5.91 Å². The van der Waals surface area contributed by atoms with Crippen molar-refractivity contribution in [2.45, 2.75) is 50.9 Å². The molecule has 2 amide bonds. The number of nitrogens with zero attached hydrogens (tertiary/aromatic N) is 2. The number of aromatic nitrogens is 2. The number of hydrogen-bond acceptors (Lipinski definition) is 3. The van der Waals surface area contributed by atoms with Crippen molar-refractivity contribution in [2.75, 3.05) is 6.54 Å². The summed E-state index contributed by atoms with van der Waals surface area (Å²) in [6.07, 6.45) is -0.936. The van der Waals surface area contributed by atoms with Crippen molar-refractivity contribution in [3.63, 3.8) is 0 Å². The molecule has 0 bridgehead atoms. The number of nitrogens with one attached hydrogen (secondary N) is 2. The molecule has 0 unspecified atom stereocenters. The number of carbonyl (C=O) groups is 2. The molecule has 4 rings (SSSR count). The largest absolute Gasteiger partial charge is 0.417 e. The van der Waals surface area contributed by atoms with Gasteiger partial charge in [-0.1, -0.05) is 61.4 Å². The van der Waals surface area contributed by atoms with Gasteiger partial charge >= 0.3 is 6.18 Å². The topological polar surface area (TPSA) is 76.0 Å². The highest BCUT2D eigenvalue weighted by atomic mass is 19.4. The lowest BCUT2D eigenvalue weighted by molar-refractivity contribution is -0.137. The van der Waals surface area contributed by atoms with Gasteiger partial charge in [-0.25, -0.2) is 0 Å². The second-order valence-electron chi connectivity index (χ2n) is 8.61. The molecular weight excluding hydrogens is 457 g/mol. The highest BCUT2D eigenvalue weighted by Gasteiger charge is 2.35. The van der Waals surface area contributed by atoms with Gasteiger partial charge < -0.3 is 10.6 Å². The minimum absolute atomic E-state index is 0.00117. The quantitative estimate of drug-likeness (QED) is 0.466. The standard InChI is InChI=1S/C26H27F3N4O2/c27-26(28,29)21-13-7-6-12-20(21)23-16-22(32-33(23)19-10-4-5-11-19)25(35)30-15-14-24(34)31-17-18-8-2-1-3-9-18/h1-3,6-9,12-13,16,19H,4-5,10-11,14-15,17H2,(H,30,35)(H,31,34). The van der Waals surface area contributed by atoms with E-state index in [1.165, 1.54) is 18.2 Å². The van der Waals surface area contributed by atoms with E-state index in [-0.39, 0.29) is 41.9 Å². The number of halogens is 3. The molecule has 1 saturated carbocycles. The van der Waals surface area contributed by atoms with Crippen LogP contribution < -0.4 is 10.6 Å². The maximum Gasteiger partial charge on any atom is 0.417 e. The zero-order valence-electron chi connectivity index (χ0n) is 19.1. The van der Waals surface area contributed by atoms with Crippen molar-refractivity contribution in [2.24, 2.45) is 0 Å². The molecule has 184 valence electrons. The summed E-state index contributed by atoms with van der Waals surface area (Å²) in [5.41, 5.74) is 0.512. The predicted molar refractivity (Wildman–Crippen MR) is 125 cm³/mol. The summed E-state index contributed by atoms with van der Waals surface area (Å²) < 4.78 is 42.6. The average molecular weight is 485 g/mol. The molecule has 2 N–H and O–H groups in total. The lowest BCUT2D eigenvalue weighted by atomic mass is 10.0. The molecule has 0 saturated heterocycles. The molecule has 9 heteroatoms. The molecule has 1 aromatic heterocycles. The molecule has 0 aliphatic heterocycles. The summed E-state index contributed by atoms with van der Waals surface area (Å²) in [5, 5.41) is 9.85. The van der Waals surface area contributed by atoms with Crippen molar-refractivity contribution in [1.82, 2.24) is 20.4 Å². The highest BCUT2D eigenvalue weighted by Crippen LogP contribution is 2.39. The van der Waals surface area contributed by atoms with Gasteiger partial charge in [-0.2, -0.15) is 18.3 Å². The Bertz CT molecular complexity index is 1170. The third-order valence-electron chi connectivity index (χ3n) is 6.12. The summed E-state index contributed by atoms with van der Waals surface area (Å²) in [6, 6.07) is 16.1. The number of alkyl halides is 3. The first-order chi connectivity index (χ1) is 16.8. The fourth-order valence-corrected chi connectivity index (χ4v) is 4.35. The number of rotatable bonds is 8. The van der Waals surface area contributed by atoms with Crippen LogP contribution in [-0.2, 0) is 17.5 Å². The lowest BCUT2D eigenvalue weighted by Gasteiger charge is -2.17. The van der Waals surface area contributed by atoms with Gasteiger partial charge in [0.2, 0.25) is 5.91 Å². The van der Waals surface area contributed by atoms with Crippen LogP contribution in [-0.4, -0.2) is 28.1 Å². The Kier molecular flexibility index (Phi) is 7.53. The Morgan fingerprint density at radius 3 is 2.37 bits per heavy atom. The summed E-state index contributed by atoms with van der Waals surface area (Å²) >= 11 is 0. The highest BCUT2D eigenvalue weighted by molar-refractivity contribution is 5.93. The normalized spacial score (nSPS) is 14.1. The van der Waals surface area contributed by atoms with Gasteiger partial charge in [0, 0.05) is 25.1 Å². The van der Waals surface area contributed by atoms with E-state index >= 15 is 0 Å². The fraction of sp³-hybridized carbons (Fsp3) is 0.346. The first-order valence-corrected chi connectivity index (χ1v) is 11.7. The van der Waals surface area contributed by atoms with E-state index < -0.39 is 17.6 Å². The molecular formula is C26H27F3N4O2. The van der Waals surface area contributed by atoms with Crippen molar-refractivity contribution in [1.29, 1.82) is 0 Å². The van der Waals surface area contributed by atoms with Crippen LogP contribution in [0, 0.1) is 0 Å². The van der Waals surface area contributed by atoms with E-state index in [1.54, 1.807) is 10.7 Å². The molecule has 1 aliphatic carbocycles. The smallest absolute Gasteiger partial charge is 0.352 e. The van der Waals surface area contributed by atoms with E-state index in [0.29, 0.717) is 6.54 Å². The molecule has 1 heterocycles. The third kappa shape index (κ3) is 6.09. The van der Waals surface area contributed by atoms with Gasteiger partial charge in [-0.05, 0) is 30.5 Å². The summed E-state index contributed by atoms with van der Waals surface area (Å²) in [5.74, 6) is -0.742. The first kappa shape index (κ1) is 24.5. The summed E-state index contributed by atoms with van der Waals surface area (Å²) in [7, 11) is 0. The maximum atomic E-state index is 13.7. The van der Waals surface area contributed by atoms with E-state index in [2.05, 4.69) is 15.7 Å². The van der Waals surface area contributed by atoms with Crippen LogP contribution in [0.4, 0.5) is 13.2 Å². The lowest BCUT2D eigenvalue weighted by Crippen LogP contribution is -2.30. The average Bonchev–Trinajstić information content (AvgIpc) is 3.53. The molecule has 35 heavy (non-hydrogen) atoms. The van der Waals surface area contributed by atoms with Crippen molar-refractivity contribution < 1.29 is 22.8 Å². The minimum Gasteiger partial charge on any atom is -0.352 e. The van der Waals surface area contributed by atoms with Gasteiger partial charge in [0.15, 0.2) is 5.69 Å². The molecule has 2 aromatic carbocycles. The van der Waals surface area contributed by atoms with E-state index in [4.69, 9.17) is 0 Å². The maximum absolute atomic E-state index is 13.7. The monoisotopic (exact) mass is 484 g/mol. The van der Waals surface area contributed by atoms with E-state index in [1.807, 2.05) is 30.3 Å². The second-order valence-corrected chi connectivity index (χ2v) is 8.61. The minimum atomic E-state index is -4.53. The van der Waals surface area contributed by atoms with E-state index in [0.717, 1.165) is 37.3 Å². The number of benzene rings is 2. The first-order valence-electron chi connectivity index (χ1n) is 11.7. The Morgan fingerprint density at radius 1 is 0.971 bits per heavy atom. The van der Waals surface area contributed by atoms with Crippen LogP contribution in [0.5, 0.6) is 0 Å². The molecule has 3 aromatic rings. The van der Waals surface area contributed by atoms with Gasteiger partial charge in [0.1, 0.15) is 0 Å². The Balaban J connectivity index is 1.45. The molecule has 1 fully saturated rings. The zero-order valence-corrected chi connectivity index (χ0v) is 19.1. The molecule has 0 atom stereocenters. The van der Waals surface area contributed by atoms with Crippen LogP contribution in [0.3, 0.4) is 0 Å². The van der Waals surface area contributed by atoms with Crippen LogP contribution in [0.2, 0.25) is 0 Å². The number of carbonyl (C=O) groups excluding carboxylic acids is 2. The molecule has 0 radical (unpaired) electrons. The molecule has 0 spiro atoms. The van der Waals surface area contributed by atoms with Crippen molar-refractivity contribution in [3.05, 3.63) is 77.5 Å². The van der Waals surface area contributed by atoms with Gasteiger partial charge in [0.05, 0.1) is 17.3 Å². The zero-order chi connectivity index (χ0) is 24.8. The number of amides is 2. The summed E-state index contributed by atoms with van der Waals surface area (Å²) in [6.45, 7) is 0.478. The fourth-order valence-electron chi connectivity index (χ4n) is 4.35. The van der Waals surface area contributed by atoms with Crippen LogP contribution in [0.25, 0.3) is 11.3 Å². The predicted octanol–water partition coefficient (Wildman–Crippen LogP) is 5.12. The van der Waals surface area contributed by atoms with Gasteiger partial charge in [-0.15, -0.1) is 0 Å². The SMILES string of the molecule is O=C(CCNC(=O)c1cc(-c2ccccc2C(F)(F)F)n(C2CCCC2)n1)NCc1ccccc1. The third-order valence-corrected chi connectivity index (χ3v) is 6.12. The Labute approximate surface area is 201 Å². The number of hydrogen-bond donors (Lipinski definition) is 2. The molecule has 6 nitrogen and oxygen atoms in total. The van der Waals surface area contributed by atoms with E-state index in [9.17, 15) is 22.8 Å². The van der Waals surface area contributed by atoms with Crippen LogP contribution in [0.15, 0.2) is 60.7 Å². The Morgan fingerprint density at radius 2 is 1.66 bits per heavy atom. The van der Waals surface area contributed by atoms with Crippen molar-refractivity contribution >= 4 is 11.8 Å². The second kappa shape index (κ2) is 10.8. The Hall–Kier alpha value is -3.62. The van der Waals surface area contributed by atoms with Gasteiger partial charge in [-0.3, -0.25) is 14.3 Å². The van der Waals surface area contributed by atoms with Crippen LogP contribution in [0.1, 0.15) is 59.8 Å².